The maximum absolute atomic E-state index is 10.8. The Balaban J connectivity index is 0.000000472. The topological polar surface area (TPSA) is 104 Å². The van der Waals surface area contributed by atoms with Crippen LogP contribution in [-0.2, 0) is 6.42 Å². The fourth-order valence-electron chi connectivity index (χ4n) is 1.56. The van der Waals surface area contributed by atoms with Crippen molar-refractivity contribution in [3.63, 3.8) is 0 Å². The zero-order valence-electron chi connectivity index (χ0n) is 13.2. The summed E-state index contributed by atoms with van der Waals surface area (Å²) in [5.74, 6) is 0.444. The van der Waals surface area contributed by atoms with Gasteiger partial charge in [0.15, 0.2) is 12.6 Å². The molecular weight excluding hydrogens is 288 g/mol. The summed E-state index contributed by atoms with van der Waals surface area (Å²) < 4.78 is 4.99. The quantitative estimate of drug-likeness (QED) is 0.645. The van der Waals surface area contributed by atoms with Crippen molar-refractivity contribution in [2.45, 2.75) is 20.3 Å². The van der Waals surface area contributed by atoms with Crippen molar-refractivity contribution < 1.29 is 29.6 Å². The molecule has 0 radical (unpaired) electrons. The normalized spacial score (nSPS) is 10.5. The molecule has 6 nitrogen and oxygen atoms in total. The van der Waals surface area contributed by atoms with E-state index in [1.165, 1.54) is 7.11 Å². The van der Waals surface area contributed by atoms with Gasteiger partial charge in [0.25, 0.3) is 0 Å². The molecule has 1 aromatic carbocycles. The summed E-state index contributed by atoms with van der Waals surface area (Å²) >= 11 is 0. The Bertz CT molecular complexity index is 437. The van der Waals surface area contributed by atoms with Crippen LogP contribution >= 0.6 is 0 Å². The summed E-state index contributed by atoms with van der Waals surface area (Å²) in [6.07, 6.45) is 2.08. The van der Waals surface area contributed by atoms with Gasteiger partial charge in [-0.05, 0) is 18.1 Å². The number of ether oxygens (including phenoxy) is 1. The molecule has 1 aromatic rings. The molecule has 0 saturated heterocycles. The lowest BCUT2D eigenvalue weighted by Crippen LogP contribution is -2.29. The number of aryl methyl sites for hydroxylation is 1. The predicted molar refractivity (Wildman–Crippen MR) is 82.5 cm³/mol. The summed E-state index contributed by atoms with van der Waals surface area (Å²) in [7, 11) is 1.47. The van der Waals surface area contributed by atoms with E-state index in [0.717, 1.165) is 12.0 Å². The number of rotatable bonds is 7. The lowest BCUT2D eigenvalue weighted by molar-refractivity contribution is 0.0200. The molecule has 0 saturated carbocycles. The summed E-state index contributed by atoms with van der Waals surface area (Å²) in [6.45, 7) is 3.00. The van der Waals surface area contributed by atoms with E-state index in [1.807, 2.05) is 6.92 Å². The smallest absolute Gasteiger partial charge is 0.154 e. The summed E-state index contributed by atoms with van der Waals surface area (Å²) in [6, 6.07) is 3.51. The molecule has 124 valence electrons. The largest absolute Gasteiger partial charge is 0.496 e. The van der Waals surface area contributed by atoms with Crippen LogP contribution in [0, 0.1) is 5.41 Å². The number of aliphatic hydroxyl groups excluding tert-OH is 3. The lowest BCUT2D eigenvalue weighted by atomic mass is 9.95. The Labute approximate surface area is 130 Å². The molecule has 0 amide bonds. The Morgan fingerprint density at radius 3 is 1.82 bits per heavy atom. The van der Waals surface area contributed by atoms with E-state index in [-0.39, 0.29) is 19.8 Å². The van der Waals surface area contributed by atoms with Crippen LogP contribution in [-0.4, -0.2) is 54.8 Å². The van der Waals surface area contributed by atoms with Gasteiger partial charge in [-0.3, -0.25) is 9.59 Å². The fourth-order valence-corrected chi connectivity index (χ4v) is 1.56. The average Bonchev–Trinajstić information content (AvgIpc) is 2.59. The highest BCUT2D eigenvalue weighted by Gasteiger charge is 2.20. The minimum atomic E-state index is -0.708. The van der Waals surface area contributed by atoms with Crippen LogP contribution in [0.25, 0.3) is 0 Å². The van der Waals surface area contributed by atoms with Crippen molar-refractivity contribution >= 4 is 12.6 Å². The van der Waals surface area contributed by atoms with E-state index in [4.69, 9.17) is 20.1 Å². The maximum Gasteiger partial charge on any atom is 0.154 e. The maximum atomic E-state index is 10.8. The van der Waals surface area contributed by atoms with Gasteiger partial charge in [0.05, 0.1) is 32.5 Å². The first-order chi connectivity index (χ1) is 10.5. The molecule has 0 aromatic heterocycles. The molecular formula is C16H24O6. The molecule has 0 unspecified atom stereocenters. The molecule has 22 heavy (non-hydrogen) atoms. The number of benzene rings is 1. The Kier molecular flexibility index (Phi) is 9.24. The van der Waals surface area contributed by atoms with Gasteiger partial charge in [0, 0.05) is 11.0 Å². The second-order valence-electron chi connectivity index (χ2n) is 5.13. The van der Waals surface area contributed by atoms with Crippen LogP contribution < -0.4 is 4.74 Å². The van der Waals surface area contributed by atoms with E-state index in [2.05, 4.69) is 0 Å². The van der Waals surface area contributed by atoms with E-state index in [0.29, 0.717) is 29.4 Å². The predicted octanol–water partition coefficient (Wildman–Crippen LogP) is 0.852. The Hall–Kier alpha value is -1.76. The third-order valence-corrected chi connectivity index (χ3v) is 3.32. The lowest BCUT2D eigenvalue weighted by Gasteiger charge is -2.20. The standard InChI is InChI=1S/C11H12O3.C5H12O3/c1-3-8-4-5-11(14-2)10(7-13)9(8)6-12;1-5(2-6,3-7)4-8/h4-7H,3H2,1-2H3;6-8H,2-4H2,1H3. The van der Waals surface area contributed by atoms with Crippen molar-refractivity contribution in [3.05, 3.63) is 28.8 Å². The highest BCUT2D eigenvalue weighted by Crippen LogP contribution is 2.23. The summed E-state index contributed by atoms with van der Waals surface area (Å²) in [5.41, 5.74) is 0.923. The van der Waals surface area contributed by atoms with Gasteiger partial charge in [0.1, 0.15) is 5.75 Å². The molecule has 0 heterocycles. The zero-order chi connectivity index (χ0) is 17.2. The molecule has 3 N–H and O–H groups in total. The molecule has 0 aliphatic carbocycles. The SMILES string of the molecule is CC(CO)(CO)CO.CCc1ccc(OC)c(C=O)c1C=O. The van der Waals surface area contributed by atoms with Crippen LogP contribution in [0.5, 0.6) is 5.75 Å². The highest BCUT2D eigenvalue weighted by molar-refractivity contribution is 5.94. The number of carbonyl (C=O) groups is 2. The van der Waals surface area contributed by atoms with Crippen LogP contribution in [0.4, 0.5) is 0 Å². The van der Waals surface area contributed by atoms with Crippen molar-refractivity contribution in [2.75, 3.05) is 26.9 Å². The van der Waals surface area contributed by atoms with E-state index >= 15 is 0 Å². The molecule has 6 heteroatoms. The Morgan fingerprint density at radius 1 is 1.05 bits per heavy atom. The Morgan fingerprint density at radius 2 is 1.55 bits per heavy atom. The first kappa shape index (κ1) is 20.2. The van der Waals surface area contributed by atoms with Crippen LogP contribution in [0.15, 0.2) is 12.1 Å². The summed E-state index contributed by atoms with van der Waals surface area (Å²) in [5, 5.41) is 25.4. The van der Waals surface area contributed by atoms with Gasteiger partial charge < -0.3 is 20.1 Å². The van der Waals surface area contributed by atoms with Crippen molar-refractivity contribution in [1.29, 1.82) is 0 Å². The van der Waals surface area contributed by atoms with Crippen LogP contribution in [0.1, 0.15) is 40.1 Å². The number of aldehydes is 2. The van der Waals surface area contributed by atoms with E-state index < -0.39 is 5.41 Å². The van der Waals surface area contributed by atoms with Crippen molar-refractivity contribution in [1.82, 2.24) is 0 Å². The van der Waals surface area contributed by atoms with Gasteiger partial charge in [-0.1, -0.05) is 19.9 Å². The fraction of sp³-hybridized carbons (Fsp3) is 0.500. The number of aliphatic hydroxyl groups is 3. The molecule has 0 aliphatic rings. The monoisotopic (exact) mass is 312 g/mol. The number of methoxy groups -OCH3 is 1. The third kappa shape index (κ3) is 5.22. The zero-order valence-corrected chi connectivity index (χ0v) is 13.2. The summed E-state index contributed by atoms with van der Waals surface area (Å²) in [4.78, 5) is 21.6. The molecule has 0 spiro atoms. The minimum absolute atomic E-state index is 0.181. The first-order valence-corrected chi connectivity index (χ1v) is 6.89. The number of carbonyl (C=O) groups excluding carboxylic acids is 2. The van der Waals surface area contributed by atoms with Crippen LogP contribution in [0.2, 0.25) is 0 Å². The minimum Gasteiger partial charge on any atom is -0.496 e. The van der Waals surface area contributed by atoms with Crippen molar-refractivity contribution in [2.24, 2.45) is 5.41 Å². The van der Waals surface area contributed by atoms with Crippen molar-refractivity contribution in [3.8, 4) is 5.75 Å². The second kappa shape index (κ2) is 10.0. The van der Waals surface area contributed by atoms with E-state index in [9.17, 15) is 9.59 Å². The average molecular weight is 312 g/mol. The molecule has 0 atom stereocenters. The van der Waals surface area contributed by atoms with E-state index in [1.54, 1.807) is 19.1 Å². The number of hydrogen-bond donors (Lipinski definition) is 3. The van der Waals surface area contributed by atoms with Gasteiger partial charge in [0.2, 0.25) is 0 Å². The number of hydrogen-bond acceptors (Lipinski definition) is 6. The highest BCUT2D eigenvalue weighted by atomic mass is 16.5. The van der Waals surface area contributed by atoms with Gasteiger partial charge in [-0.15, -0.1) is 0 Å². The van der Waals surface area contributed by atoms with Gasteiger partial charge in [-0.2, -0.15) is 0 Å². The molecule has 1 rings (SSSR count). The third-order valence-electron chi connectivity index (χ3n) is 3.32. The molecule has 0 aliphatic heterocycles. The first-order valence-electron chi connectivity index (χ1n) is 6.89. The van der Waals surface area contributed by atoms with Gasteiger partial charge in [-0.25, -0.2) is 0 Å². The van der Waals surface area contributed by atoms with Gasteiger partial charge >= 0.3 is 0 Å². The van der Waals surface area contributed by atoms with Crippen LogP contribution in [0.3, 0.4) is 0 Å². The molecule has 0 fully saturated rings. The second-order valence-corrected chi connectivity index (χ2v) is 5.13. The molecule has 0 bridgehead atoms.